The molecule has 0 saturated heterocycles. The van der Waals surface area contributed by atoms with Crippen molar-refractivity contribution in [2.45, 2.75) is 12.1 Å². The molecule has 0 spiro atoms. The van der Waals surface area contributed by atoms with Gasteiger partial charge in [0.1, 0.15) is 5.92 Å². The lowest BCUT2D eigenvalue weighted by molar-refractivity contribution is -0.149. The maximum Gasteiger partial charge on any atom is 0.398 e. The molecule has 0 fully saturated rings. The molecule has 0 aliphatic carbocycles. The molecule has 17 heavy (non-hydrogen) atoms. The molecular weight excluding hydrogens is 231 g/mol. The van der Waals surface area contributed by atoms with Crippen LogP contribution in [0.15, 0.2) is 24.3 Å². The maximum absolute atomic E-state index is 12.9. The Morgan fingerprint density at radius 3 is 2.59 bits per heavy atom. The number of benzene rings is 1. The van der Waals surface area contributed by atoms with Crippen LogP contribution in [0, 0.1) is 0 Å². The van der Waals surface area contributed by atoms with E-state index in [1.807, 2.05) is 0 Å². The Kier molecular flexibility index (Phi) is 2.82. The van der Waals surface area contributed by atoms with Crippen molar-refractivity contribution in [2.75, 3.05) is 6.54 Å². The van der Waals surface area contributed by atoms with Crippen LogP contribution in [0.4, 0.5) is 13.2 Å². The number of halogens is 3. The highest BCUT2D eigenvalue weighted by molar-refractivity contribution is 5.82. The number of aromatic nitrogens is 2. The van der Waals surface area contributed by atoms with Crippen molar-refractivity contribution in [3.63, 3.8) is 0 Å². The summed E-state index contributed by atoms with van der Waals surface area (Å²) in [6.07, 6.45) is -4.36. The van der Waals surface area contributed by atoms with E-state index in [-0.39, 0.29) is 5.69 Å². The van der Waals surface area contributed by atoms with E-state index < -0.39 is 18.6 Å². The molecule has 1 aromatic carbocycles. The highest BCUT2D eigenvalue weighted by atomic mass is 19.4. The van der Waals surface area contributed by atoms with Crippen LogP contribution in [0.1, 0.15) is 11.6 Å². The number of hydrogen-bond donors (Lipinski definition) is 1. The molecule has 0 saturated carbocycles. The van der Waals surface area contributed by atoms with Crippen molar-refractivity contribution in [3.05, 3.63) is 30.0 Å². The lowest BCUT2D eigenvalue weighted by Gasteiger charge is -2.19. The van der Waals surface area contributed by atoms with E-state index in [9.17, 15) is 13.2 Å². The van der Waals surface area contributed by atoms with Gasteiger partial charge in [-0.05, 0) is 6.07 Å². The van der Waals surface area contributed by atoms with E-state index in [1.54, 1.807) is 24.3 Å². The molecule has 1 aromatic heterocycles. The van der Waals surface area contributed by atoms with E-state index in [0.29, 0.717) is 10.9 Å². The molecule has 6 heteroatoms. The van der Waals surface area contributed by atoms with Gasteiger partial charge in [-0.25, -0.2) is 0 Å². The molecule has 0 aliphatic rings. The monoisotopic (exact) mass is 243 g/mol. The number of nitrogens with zero attached hydrogens (tertiary/aromatic N) is 2. The third kappa shape index (κ3) is 2.00. The second-order valence-corrected chi connectivity index (χ2v) is 3.86. The lowest BCUT2D eigenvalue weighted by Crippen LogP contribution is -2.29. The third-order valence-electron chi connectivity index (χ3n) is 2.75. The minimum absolute atomic E-state index is 0.121. The van der Waals surface area contributed by atoms with E-state index in [2.05, 4.69) is 5.10 Å². The normalized spacial score (nSPS) is 14.2. The van der Waals surface area contributed by atoms with E-state index in [4.69, 9.17) is 5.73 Å². The van der Waals surface area contributed by atoms with Crippen LogP contribution in [-0.4, -0.2) is 22.5 Å². The fraction of sp³-hybridized carbons (Fsp3) is 0.364. The van der Waals surface area contributed by atoms with E-state index >= 15 is 0 Å². The van der Waals surface area contributed by atoms with Gasteiger partial charge in [0.05, 0.1) is 11.2 Å². The van der Waals surface area contributed by atoms with Gasteiger partial charge in [0.2, 0.25) is 0 Å². The molecule has 92 valence electrons. The molecule has 0 radical (unpaired) electrons. The smallest absolute Gasteiger partial charge is 0.329 e. The van der Waals surface area contributed by atoms with Gasteiger partial charge in [0, 0.05) is 19.0 Å². The molecule has 2 rings (SSSR count). The zero-order chi connectivity index (χ0) is 12.6. The largest absolute Gasteiger partial charge is 0.398 e. The van der Waals surface area contributed by atoms with Gasteiger partial charge in [-0.15, -0.1) is 0 Å². The molecule has 3 nitrogen and oxygen atoms in total. The van der Waals surface area contributed by atoms with E-state index in [0.717, 1.165) is 0 Å². The molecule has 1 unspecified atom stereocenters. The molecule has 2 aromatic rings. The zero-order valence-corrected chi connectivity index (χ0v) is 9.20. The summed E-state index contributed by atoms with van der Waals surface area (Å²) in [5.41, 5.74) is 5.92. The first-order chi connectivity index (χ1) is 7.95. The molecular formula is C11H12F3N3. The third-order valence-corrected chi connectivity index (χ3v) is 2.75. The Balaban J connectivity index is 2.65. The van der Waals surface area contributed by atoms with Crippen LogP contribution < -0.4 is 5.73 Å². The number of hydrogen-bond acceptors (Lipinski definition) is 2. The Labute approximate surface area is 96.0 Å². The highest BCUT2D eigenvalue weighted by Gasteiger charge is 2.42. The Hall–Kier alpha value is -1.56. The maximum atomic E-state index is 12.9. The minimum Gasteiger partial charge on any atom is -0.329 e. The topological polar surface area (TPSA) is 43.8 Å². The Bertz CT molecular complexity index is 530. The van der Waals surface area contributed by atoms with Crippen LogP contribution >= 0.6 is 0 Å². The minimum atomic E-state index is -4.36. The number of nitrogens with two attached hydrogens (primary N) is 1. The zero-order valence-electron chi connectivity index (χ0n) is 9.20. The van der Waals surface area contributed by atoms with Crippen LogP contribution in [0.3, 0.4) is 0 Å². The lowest BCUT2D eigenvalue weighted by atomic mass is 10.0. The average Bonchev–Trinajstić information content (AvgIpc) is 2.55. The van der Waals surface area contributed by atoms with Gasteiger partial charge in [-0.2, -0.15) is 18.3 Å². The van der Waals surface area contributed by atoms with Crippen LogP contribution in [-0.2, 0) is 7.05 Å². The molecule has 0 aliphatic heterocycles. The highest BCUT2D eigenvalue weighted by Crippen LogP contribution is 2.36. The Morgan fingerprint density at radius 2 is 2.00 bits per heavy atom. The molecule has 2 N–H and O–H groups in total. The summed E-state index contributed by atoms with van der Waals surface area (Å²) in [5.74, 6) is -1.68. The molecule has 1 atom stereocenters. The first kappa shape index (κ1) is 11.9. The van der Waals surface area contributed by atoms with Crippen molar-refractivity contribution in [2.24, 2.45) is 12.8 Å². The average molecular weight is 243 g/mol. The van der Waals surface area contributed by atoms with E-state index in [1.165, 1.54) is 11.7 Å². The summed E-state index contributed by atoms with van der Waals surface area (Å²) >= 11 is 0. The van der Waals surface area contributed by atoms with Crippen LogP contribution in [0.2, 0.25) is 0 Å². The second-order valence-electron chi connectivity index (χ2n) is 3.86. The SMILES string of the molecule is Cn1nc2ccccc2c1C(CN)C(F)(F)F. The van der Waals surface area contributed by atoms with Gasteiger partial charge in [0.15, 0.2) is 0 Å². The summed E-state index contributed by atoms with van der Waals surface area (Å²) < 4.78 is 39.9. The van der Waals surface area contributed by atoms with Gasteiger partial charge < -0.3 is 5.73 Å². The standard InChI is InChI=1S/C11H12F3N3/c1-17-10(8(6-15)11(12,13)14)7-4-2-3-5-9(7)16-17/h2-5,8H,6,15H2,1H3. The Morgan fingerprint density at radius 1 is 1.35 bits per heavy atom. The summed E-state index contributed by atoms with van der Waals surface area (Å²) in [5, 5.41) is 4.56. The van der Waals surface area contributed by atoms with Crippen LogP contribution in [0.25, 0.3) is 10.9 Å². The molecule has 0 amide bonds. The predicted octanol–water partition coefficient (Wildman–Crippen LogP) is 2.18. The second kappa shape index (κ2) is 4.03. The summed E-state index contributed by atoms with van der Waals surface area (Å²) in [6, 6.07) is 6.75. The predicted molar refractivity (Wildman–Crippen MR) is 58.6 cm³/mol. The van der Waals surface area contributed by atoms with Gasteiger partial charge in [-0.3, -0.25) is 4.68 Å². The fourth-order valence-corrected chi connectivity index (χ4v) is 1.98. The number of fused-ring (bicyclic) bond motifs is 1. The number of rotatable bonds is 2. The molecule has 0 bridgehead atoms. The van der Waals surface area contributed by atoms with Crippen molar-refractivity contribution in [1.29, 1.82) is 0 Å². The summed E-state index contributed by atoms with van der Waals surface area (Å²) in [4.78, 5) is 0. The van der Waals surface area contributed by atoms with Crippen LogP contribution in [0.5, 0.6) is 0 Å². The first-order valence-electron chi connectivity index (χ1n) is 5.13. The van der Waals surface area contributed by atoms with Gasteiger partial charge in [-0.1, -0.05) is 18.2 Å². The quantitative estimate of drug-likeness (QED) is 0.878. The van der Waals surface area contributed by atoms with Crippen molar-refractivity contribution in [3.8, 4) is 0 Å². The first-order valence-corrected chi connectivity index (χ1v) is 5.13. The number of aryl methyl sites for hydroxylation is 1. The van der Waals surface area contributed by atoms with Crippen molar-refractivity contribution >= 4 is 10.9 Å². The molecule has 1 heterocycles. The fourth-order valence-electron chi connectivity index (χ4n) is 1.98. The van der Waals surface area contributed by atoms with Gasteiger partial charge in [0.25, 0.3) is 0 Å². The van der Waals surface area contributed by atoms with Gasteiger partial charge >= 0.3 is 6.18 Å². The summed E-state index contributed by atoms with van der Waals surface area (Å²) in [7, 11) is 1.50. The number of alkyl halides is 3. The van der Waals surface area contributed by atoms with Crippen molar-refractivity contribution < 1.29 is 13.2 Å². The summed E-state index contributed by atoms with van der Waals surface area (Å²) in [6.45, 7) is -0.479. The van der Waals surface area contributed by atoms with Crippen molar-refractivity contribution in [1.82, 2.24) is 9.78 Å².